The van der Waals surface area contributed by atoms with Crippen molar-refractivity contribution >= 4 is 0 Å². The van der Waals surface area contributed by atoms with Gasteiger partial charge >= 0.3 is 0 Å². The highest BCUT2D eigenvalue weighted by Crippen LogP contribution is 2.31. The molecule has 0 aliphatic heterocycles. The molecule has 1 saturated carbocycles. The Morgan fingerprint density at radius 3 is 2.94 bits per heavy atom. The maximum Gasteiger partial charge on any atom is 0.231 e. The fourth-order valence-electron chi connectivity index (χ4n) is 2.56. The first-order valence-corrected chi connectivity index (χ1v) is 6.45. The predicted molar refractivity (Wildman–Crippen MR) is 69.1 cm³/mol. The lowest BCUT2D eigenvalue weighted by Gasteiger charge is -2.18. The second-order valence-corrected chi connectivity index (χ2v) is 4.91. The molecule has 2 atom stereocenters. The first kappa shape index (κ1) is 12.8. The largest absolute Gasteiger partial charge is 0.476 e. The van der Waals surface area contributed by atoms with Crippen LogP contribution in [0.25, 0.3) is 0 Å². The Balaban J connectivity index is 2.02. The van der Waals surface area contributed by atoms with E-state index in [1.165, 1.54) is 12.8 Å². The van der Waals surface area contributed by atoms with Crippen molar-refractivity contribution in [2.24, 2.45) is 17.6 Å². The second kappa shape index (κ2) is 5.83. The molecule has 1 aliphatic rings. The minimum Gasteiger partial charge on any atom is -0.476 e. The molecule has 2 N–H and O–H groups in total. The molecule has 0 aromatic carbocycles. The summed E-state index contributed by atoms with van der Waals surface area (Å²) in [5.74, 6) is 1.52. The number of aryl methyl sites for hydroxylation is 1. The van der Waals surface area contributed by atoms with E-state index in [2.05, 4.69) is 11.1 Å². The number of nitrogens with two attached hydrogens (primary N) is 1. The smallest absolute Gasteiger partial charge is 0.231 e. The van der Waals surface area contributed by atoms with E-state index >= 15 is 0 Å². The molecule has 0 saturated heterocycles. The Morgan fingerprint density at radius 1 is 1.44 bits per heavy atom. The van der Waals surface area contributed by atoms with Gasteiger partial charge in [-0.1, -0.05) is 6.42 Å². The van der Waals surface area contributed by atoms with Gasteiger partial charge < -0.3 is 10.5 Å². The predicted octanol–water partition coefficient (Wildman–Crippen LogP) is 2.02. The number of rotatable bonds is 4. The molecule has 2 rings (SSSR count). The first-order valence-electron chi connectivity index (χ1n) is 6.45. The average Bonchev–Trinajstić information content (AvgIpc) is 2.84. The van der Waals surface area contributed by atoms with Crippen LogP contribution in [0.2, 0.25) is 0 Å². The van der Waals surface area contributed by atoms with E-state index in [1.807, 2.05) is 13.0 Å². The lowest BCUT2D eigenvalue weighted by atomic mass is 9.97. The average molecular weight is 245 g/mol. The summed E-state index contributed by atoms with van der Waals surface area (Å²) in [6.07, 6.45) is 3.58. The fourth-order valence-corrected chi connectivity index (χ4v) is 2.56. The third-order valence-corrected chi connectivity index (χ3v) is 3.67. The van der Waals surface area contributed by atoms with Crippen LogP contribution in [0.15, 0.2) is 12.1 Å². The zero-order valence-corrected chi connectivity index (χ0v) is 10.7. The van der Waals surface area contributed by atoms with Crippen molar-refractivity contribution in [3.8, 4) is 11.9 Å². The minimum atomic E-state index is 0.458. The van der Waals surface area contributed by atoms with Gasteiger partial charge in [-0.15, -0.1) is 0 Å². The Kier molecular flexibility index (Phi) is 4.16. The number of nitrogens with zero attached hydrogens (tertiary/aromatic N) is 2. The molecular formula is C14H19N3O. The summed E-state index contributed by atoms with van der Waals surface area (Å²) in [6.45, 7) is 3.24. The molecule has 96 valence electrons. The Bertz CT molecular complexity index is 453. The van der Waals surface area contributed by atoms with Gasteiger partial charge in [-0.2, -0.15) is 5.26 Å². The van der Waals surface area contributed by atoms with Gasteiger partial charge in [0.1, 0.15) is 11.6 Å². The zero-order chi connectivity index (χ0) is 13.0. The number of nitriles is 1. The summed E-state index contributed by atoms with van der Waals surface area (Å²) < 4.78 is 5.74. The van der Waals surface area contributed by atoms with E-state index in [0.717, 1.165) is 18.7 Å². The molecule has 18 heavy (non-hydrogen) atoms. The summed E-state index contributed by atoms with van der Waals surface area (Å²) in [4.78, 5) is 4.28. The SMILES string of the molecule is Cc1ccc(C#N)c(OCC2CCCC2CN)n1. The Hall–Kier alpha value is -1.60. The normalized spacial score (nSPS) is 22.7. The highest BCUT2D eigenvalue weighted by Gasteiger charge is 2.26. The number of pyridine rings is 1. The molecule has 1 heterocycles. The van der Waals surface area contributed by atoms with Gasteiger partial charge in [-0.25, -0.2) is 4.98 Å². The van der Waals surface area contributed by atoms with Crippen LogP contribution in [0, 0.1) is 30.1 Å². The molecule has 0 spiro atoms. The van der Waals surface area contributed by atoms with E-state index < -0.39 is 0 Å². The molecule has 1 fully saturated rings. The maximum atomic E-state index is 9.01. The van der Waals surface area contributed by atoms with Crippen molar-refractivity contribution in [1.82, 2.24) is 4.98 Å². The molecule has 0 bridgehead atoms. The minimum absolute atomic E-state index is 0.458. The molecule has 0 radical (unpaired) electrons. The molecule has 4 nitrogen and oxygen atoms in total. The van der Waals surface area contributed by atoms with Crippen LogP contribution in [0.5, 0.6) is 5.88 Å². The highest BCUT2D eigenvalue weighted by atomic mass is 16.5. The van der Waals surface area contributed by atoms with Crippen LogP contribution in [0.3, 0.4) is 0 Å². The molecule has 1 aromatic rings. The number of ether oxygens (including phenoxy) is 1. The fraction of sp³-hybridized carbons (Fsp3) is 0.571. The lowest BCUT2D eigenvalue weighted by molar-refractivity contribution is 0.209. The van der Waals surface area contributed by atoms with Crippen LogP contribution >= 0.6 is 0 Å². The number of hydrogen-bond acceptors (Lipinski definition) is 4. The monoisotopic (exact) mass is 245 g/mol. The summed E-state index contributed by atoms with van der Waals surface area (Å²) in [6, 6.07) is 5.69. The van der Waals surface area contributed by atoms with Crippen LogP contribution in [-0.2, 0) is 0 Å². The third-order valence-electron chi connectivity index (χ3n) is 3.67. The van der Waals surface area contributed by atoms with Gasteiger partial charge in [0.15, 0.2) is 0 Å². The van der Waals surface area contributed by atoms with Crippen molar-refractivity contribution in [1.29, 1.82) is 5.26 Å². The quantitative estimate of drug-likeness (QED) is 0.880. The van der Waals surface area contributed by atoms with E-state index in [-0.39, 0.29) is 0 Å². The van der Waals surface area contributed by atoms with Crippen LogP contribution < -0.4 is 10.5 Å². The topological polar surface area (TPSA) is 71.9 Å². The number of aromatic nitrogens is 1. The van der Waals surface area contributed by atoms with Crippen molar-refractivity contribution in [3.63, 3.8) is 0 Å². The van der Waals surface area contributed by atoms with Crippen molar-refractivity contribution in [2.45, 2.75) is 26.2 Å². The molecular weight excluding hydrogens is 226 g/mol. The highest BCUT2D eigenvalue weighted by molar-refractivity contribution is 5.38. The summed E-state index contributed by atoms with van der Waals surface area (Å²) in [7, 11) is 0. The standard InChI is InChI=1S/C14H19N3O/c1-10-5-6-12(8-16)14(17-10)18-9-13-4-2-3-11(13)7-15/h5-6,11,13H,2-4,7,9,15H2,1H3. The van der Waals surface area contributed by atoms with Gasteiger partial charge in [0.2, 0.25) is 5.88 Å². The Labute approximate surface area is 108 Å². The summed E-state index contributed by atoms with van der Waals surface area (Å²) in [5.41, 5.74) is 7.12. The van der Waals surface area contributed by atoms with Crippen molar-refractivity contribution in [3.05, 3.63) is 23.4 Å². The summed E-state index contributed by atoms with van der Waals surface area (Å²) in [5, 5.41) is 9.01. The van der Waals surface area contributed by atoms with Gasteiger partial charge in [0, 0.05) is 5.69 Å². The van der Waals surface area contributed by atoms with Crippen LogP contribution in [0.1, 0.15) is 30.5 Å². The molecule has 0 amide bonds. The second-order valence-electron chi connectivity index (χ2n) is 4.91. The van der Waals surface area contributed by atoms with Gasteiger partial charge in [-0.05, 0) is 50.3 Å². The lowest BCUT2D eigenvalue weighted by Crippen LogP contribution is -2.23. The van der Waals surface area contributed by atoms with E-state index in [1.54, 1.807) is 6.07 Å². The van der Waals surface area contributed by atoms with Crippen LogP contribution in [-0.4, -0.2) is 18.1 Å². The van der Waals surface area contributed by atoms with Gasteiger partial charge in [0.05, 0.1) is 6.61 Å². The van der Waals surface area contributed by atoms with Crippen molar-refractivity contribution < 1.29 is 4.74 Å². The van der Waals surface area contributed by atoms with Crippen molar-refractivity contribution in [2.75, 3.05) is 13.2 Å². The van der Waals surface area contributed by atoms with E-state index in [0.29, 0.717) is 29.9 Å². The molecule has 4 heteroatoms. The summed E-state index contributed by atoms with van der Waals surface area (Å²) >= 11 is 0. The third kappa shape index (κ3) is 2.80. The number of hydrogen-bond donors (Lipinski definition) is 1. The van der Waals surface area contributed by atoms with Gasteiger partial charge in [-0.3, -0.25) is 0 Å². The maximum absolute atomic E-state index is 9.01. The Morgan fingerprint density at radius 2 is 2.22 bits per heavy atom. The zero-order valence-electron chi connectivity index (χ0n) is 10.7. The molecule has 1 aromatic heterocycles. The molecule has 1 aliphatic carbocycles. The van der Waals surface area contributed by atoms with Crippen LogP contribution in [0.4, 0.5) is 0 Å². The first-order chi connectivity index (χ1) is 8.74. The van der Waals surface area contributed by atoms with Gasteiger partial charge in [0.25, 0.3) is 0 Å². The van der Waals surface area contributed by atoms with E-state index in [4.69, 9.17) is 15.7 Å². The molecule has 2 unspecified atom stereocenters. The van der Waals surface area contributed by atoms with E-state index in [9.17, 15) is 0 Å².